The zero-order valence-electron chi connectivity index (χ0n) is 10.2. The summed E-state index contributed by atoms with van der Waals surface area (Å²) < 4.78 is 0. The highest BCUT2D eigenvalue weighted by Gasteiger charge is 2.45. The normalized spacial score (nSPS) is 25.2. The maximum Gasteiger partial charge on any atom is 0.324 e. The number of carboxylic acids is 1. The molecule has 1 unspecified atom stereocenters. The second kappa shape index (κ2) is 5.19. The second-order valence-corrected chi connectivity index (χ2v) is 5.44. The Hall–Kier alpha value is -0.870. The summed E-state index contributed by atoms with van der Waals surface area (Å²) >= 11 is 1.70. The van der Waals surface area contributed by atoms with Crippen molar-refractivity contribution < 1.29 is 9.90 Å². The molecule has 1 aliphatic heterocycles. The van der Waals surface area contributed by atoms with E-state index in [1.807, 2.05) is 6.92 Å². The van der Waals surface area contributed by atoms with Crippen molar-refractivity contribution in [2.24, 2.45) is 0 Å². The molecular formula is C13H19NO2S. The minimum Gasteiger partial charge on any atom is -0.480 e. The molecule has 94 valence electrons. The molecular weight excluding hydrogens is 234 g/mol. The summed E-state index contributed by atoms with van der Waals surface area (Å²) in [6.45, 7) is 3.76. The van der Waals surface area contributed by atoms with Crippen molar-refractivity contribution in [2.75, 3.05) is 13.1 Å². The van der Waals surface area contributed by atoms with E-state index in [1.165, 1.54) is 5.56 Å². The first kappa shape index (κ1) is 12.6. The van der Waals surface area contributed by atoms with Crippen LogP contribution in [-0.4, -0.2) is 34.6 Å². The van der Waals surface area contributed by atoms with Crippen LogP contribution in [0.1, 0.15) is 31.7 Å². The van der Waals surface area contributed by atoms with Gasteiger partial charge in [0.2, 0.25) is 0 Å². The Morgan fingerprint density at radius 3 is 3.06 bits per heavy atom. The van der Waals surface area contributed by atoms with Gasteiger partial charge in [0.15, 0.2) is 0 Å². The van der Waals surface area contributed by atoms with Crippen LogP contribution >= 0.6 is 11.3 Å². The molecule has 0 radical (unpaired) electrons. The van der Waals surface area contributed by atoms with Crippen molar-refractivity contribution in [3.8, 4) is 0 Å². The molecule has 0 aromatic carbocycles. The molecule has 1 saturated heterocycles. The van der Waals surface area contributed by atoms with E-state index in [-0.39, 0.29) is 0 Å². The number of likely N-dealkylation sites (tertiary alicyclic amines) is 1. The summed E-state index contributed by atoms with van der Waals surface area (Å²) in [7, 11) is 0. The predicted octanol–water partition coefficient (Wildman–Crippen LogP) is 2.62. The van der Waals surface area contributed by atoms with Gasteiger partial charge in [-0.2, -0.15) is 11.3 Å². The summed E-state index contributed by atoms with van der Waals surface area (Å²) in [5, 5.41) is 13.7. The van der Waals surface area contributed by atoms with Gasteiger partial charge in [-0.1, -0.05) is 6.92 Å². The van der Waals surface area contributed by atoms with Gasteiger partial charge in [0.1, 0.15) is 5.54 Å². The van der Waals surface area contributed by atoms with Crippen LogP contribution in [0.25, 0.3) is 0 Å². The van der Waals surface area contributed by atoms with Gasteiger partial charge in [-0.3, -0.25) is 9.69 Å². The molecule has 4 heteroatoms. The predicted molar refractivity (Wildman–Crippen MR) is 69.5 cm³/mol. The van der Waals surface area contributed by atoms with Gasteiger partial charge < -0.3 is 5.11 Å². The molecule has 1 aromatic heterocycles. The van der Waals surface area contributed by atoms with E-state index in [1.54, 1.807) is 11.3 Å². The fourth-order valence-electron chi connectivity index (χ4n) is 2.75. The molecule has 0 spiro atoms. The van der Waals surface area contributed by atoms with Gasteiger partial charge in [0, 0.05) is 6.54 Å². The highest BCUT2D eigenvalue weighted by molar-refractivity contribution is 7.07. The quantitative estimate of drug-likeness (QED) is 0.877. The first-order valence-electron chi connectivity index (χ1n) is 6.18. The van der Waals surface area contributed by atoms with Crippen LogP contribution in [0.3, 0.4) is 0 Å². The number of nitrogens with zero attached hydrogens (tertiary/aromatic N) is 1. The molecule has 3 nitrogen and oxygen atoms in total. The van der Waals surface area contributed by atoms with Crippen LogP contribution in [0.15, 0.2) is 16.8 Å². The lowest BCUT2D eigenvalue weighted by Gasteiger charge is -2.33. The van der Waals surface area contributed by atoms with Gasteiger partial charge >= 0.3 is 5.97 Å². The number of hydrogen-bond donors (Lipinski definition) is 1. The van der Waals surface area contributed by atoms with Gasteiger partial charge in [-0.15, -0.1) is 0 Å². The zero-order chi connectivity index (χ0) is 12.3. The molecule has 2 heterocycles. The molecule has 1 fully saturated rings. The van der Waals surface area contributed by atoms with Crippen molar-refractivity contribution in [1.82, 2.24) is 4.90 Å². The molecule has 1 aromatic rings. The number of thiophene rings is 1. The van der Waals surface area contributed by atoms with Crippen LogP contribution in [0.5, 0.6) is 0 Å². The summed E-state index contributed by atoms with van der Waals surface area (Å²) in [6, 6.07) is 2.12. The third kappa shape index (κ3) is 2.38. The van der Waals surface area contributed by atoms with E-state index in [2.05, 4.69) is 21.7 Å². The van der Waals surface area contributed by atoms with E-state index in [0.29, 0.717) is 6.42 Å². The third-order valence-corrected chi connectivity index (χ3v) is 4.59. The smallest absolute Gasteiger partial charge is 0.324 e. The zero-order valence-corrected chi connectivity index (χ0v) is 11.0. The standard InChI is InChI=1S/C13H19NO2S/c1-2-13(12(15)16)6-3-7-14(13)8-4-11-5-9-17-10-11/h5,9-10H,2-4,6-8H2,1H3,(H,15,16). The first-order valence-corrected chi connectivity index (χ1v) is 7.13. The summed E-state index contributed by atoms with van der Waals surface area (Å²) in [4.78, 5) is 13.6. The Balaban J connectivity index is 2.01. The molecule has 2 rings (SSSR count). The minimum absolute atomic E-state index is 0.601. The molecule has 1 aliphatic rings. The van der Waals surface area contributed by atoms with E-state index < -0.39 is 11.5 Å². The fourth-order valence-corrected chi connectivity index (χ4v) is 3.46. The van der Waals surface area contributed by atoms with Crippen molar-refractivity contribution >= 4 is 17.3 Å². The van der Waals surface area contributed by atoms with Crippen LogP contribution in [0, 0.1) is 0 Å². The number of carboxylic acid groups (broad SMARTS) is 1. The molecule has 0 bridgehead atoms. The Bertz CT molecular complexity index is 377. The van der Waals surface area contributed by atoms with Crippen LogP contribution < -0.4 is 0 Å². The molecule has 0 saturated carbocycles. The average molecular weight is 253 g/mol. The number of rotatable bonds is 5. The SMILES string of the molecule is CCC1(C(=O)O)CCCN1CCc1ccsc1. The highest BCUT2D eigenvalue weighted by Crippen LogP contribution is 2.32. The topological polar surface area (TPSA) is 40.5 Å². The molecule has 17 heavy (non-hydrogen) atoms. The molecule has 0 amide bonds. The van der Waals surface area contributed by atoms with Crippen LogP contribution in [-0.2, 0) is 11.2 Å². The lowest BCUT2D eigenvalue weighted by molar-refractivity contribution is -0.150. The third-order valence-electron chi connectivity index (χ3n) is 3.86. The number of carbonyl (C=O) groups is 1. The first-order chi connectivity index (χ1) is 8.19. The Morgan fingerprint density at radius 2 is 2.47 bits per heavy atom. The largest absolute Gasteiger partial charge is 0.480 e. The Kier molecular flexibility index (Phi) is 3.84. The average Bonchev–Trinajstić information content (AvgIpc) is 2.96. The van der Waals surface area contributed by atoms with Crippen molar-refractivity contribution in [3.63, 3.8) is 0 Å². The maximum atomic E-state index is 11.5. The van der Waals surface area contributed by atoms with Gasteiger partial charge in [-0.05, 0) is 54.6 Å². The Labute approximate surface area is 106 Å². The van der Waals surface area contributed by atoms with E-state index in [4.69, 9.17) is 0 Å². The maximum absolute atomic E-state index is 11.5. The van der Waals surface area contributed by atoms with Crippen molar-refractivity contribution in [1.29, 1.82) is 0 Å². The lowest BCUT2D eigenvalue weighted by Crippen LogP contribution is -2.50. The van der Waals surface area contributed by atoms with E-state index >= 15 is 0 Å². The van der Waals surface area contributed by atoms with Crippen LogP contribution in [0.2, 0.25) is 0 Å². The van der Waals surface area contributed by atoms with Gasteiger partial charge in [0.25, 0.3) is 0 Å². The monoisotopic (exact) mass is 253 g/mol. The Morgan fingerprint density at radius 1 is 1.65 bits per heavy atom. The molecule has 1 atom stereocenters. The van der Waals surface area contributed by atoms with Gasteiger partial charge in [-0.25, -0.2) is 0 Å². The summed E-state index contributed by atoms with van der Waals surface area (Å²) in [5.41, 5.74) is 0.716. The van der Waals surface area contributed by atoms with Crippen molar-refractivity contribution in [3.05, 3.63) is 22.4 Å². The van der Waals surface area contributed by atoms with Gasteiger partial charge in [0.05, 0.1) is 0 Å². The fraction of sp³-hybridized carbons (Fsp3) is 0.615. The van der Waals surface area contributed by atoms with Crippen molar-refractivity contribution in [2.45, 2.75) is 38.1 Å². The highest BCUT2D eigenvalue weighted by atomic mass is 32.1. The molecule has 1 N–H and O–H groups in total. The number of aliphatic carboxylic acids is 1. The number of hydrogen-bond acceptors (Lipinski definition) is 3. The summed E-state index contributed by atoms with van der Waals surface area (Å²) in [5.74, 6) is -0.650. The van der Waals surface area contributed by atoms with Crippen LogP contribution in [0.4, 0.5) is 0 Å². The van der Waals surface area contributed by atoms with E-state index in [9.17, 15) is 9.90 Å². The molecule has 0 aliphatic carbocycles. The summed E-state index contributed by atoms with van der Waals surface area (Å²) in [6.07, 6.45) is 3.46. The second-order valence-electron chi connectivity index (χ2n) is 4.66. The lowest BCUT2D eigenvalue weighted by atomic mass is 9.93. The minimum atomic E-state index is -0.650. The van der Waals surface area contributed by atoms with E-state index in [0.717, 1.165) is 32.4 Å².